The van der Waals surface area contributed by atoms with Crippen LogP contribution in [0.15, 0.2) is 0 Å². The van der Waals surface area contributed by atoms with Crippen LogP contribution >= 0.6 is 0 Å². The highest BCUT2D eigenvalue weighted by Crippen LogP contribution is 2.13. The first-order valence-electron chi connectivity index (χ1n) is 2.93. The van der Waals surface area contributed by atoms with Crippen LogP contribution in [0, 0.1) is 0 Å². The zero-order chi connectivity index (χ0) is 5.40. The van der Waals surface area contributed by atoms with Gasteiger partial charge in [-0.3, -0.25) is 0 Å². The Kier molecular flexibility index (Phi) is 0.997. The Morgan fingerprint density at radius 1 is 1.25 bits per heavy atom. The van der Waals surface area contributed by atoms with E-state index in [-0.39, 0.29) is 6.29 Å². The van der Waals surface area contributed by atoms with Crippen molar-refractivity contribution in [2.45, 2.75) is 12.3 Å². The zero-order valence-corrected chi connectivity index (χ0v) is 4.59. The van der Waals surface area contributed by atoms with E-state index in [2.05, 4.69) is 5.32 Å². The molecule has 1 unspecified atom stereocenters. The van der Waals surface area contributed by atoms with Crippen molar-refractivity contribution in [1.29, 1.82) is 0 Å². The summed E-state index contributed by atoms with van der Waals surface area (Å²) in [5, 5.41) is 3.13. The highest BCUT2D eigenvalue weighted by Gasteiger charge is 2.34. The lowest BCUT2D eigenvalue weighted by atomic mass is 10.5. The molecule has 0 aliphatic carbocycles. The third-order valence-electron chi connectivity index (χ3n) is 1.42. The van der Waals surface area contributed by atoms with E-state index in [1.54, 1.807) is 0 Å². The van der Waals surface area contributed by atoms with Crippen molar-refractivity contribution in [3.63, 3.8) is 0 Å². The van der Waals surface area contributed by atoms with Gasteiger partial charge in [-0.25, -0.2) is 0 Å². The molecule has 0 bridgehead atoms. The first-order valence-corrected chi connectivity index (χ1v) is 2.93. The van der Waals surface area contributed by atoms with Gasteiger partial charge in [0.05, 0.1) is 19.3 Å². The molecular weight excluding hydrogens is 106 g/mol. The molecule has 2 heterocycles. The first kappa shape index (κ1) is 4.73. The smallest absolute Gasteiger partial charge is 0.174 e. The van der Waals surface area contributed by atoms with Gasteiger partial charge in [-0.05, 0) is 0 Å². The van der Waals surface area contributed by atoms with Gasteiger partial charge in [0.15, 0.2) is 6.29 Å². The predicted molar refractivity (Wildman–Crippen MR) is 27.5 cm³/mol. The Morgan fingerprint density at radius 3 is 2.38 bits per heavy atom. The van der Waals surface area contributed by atoms with Gasteiger partial charge in [-0.15, -0.1) is 0 Å². The summed E-state index contributed by atoms with van der Waals surface area (Å²) in [5.41, 5.74) is 0. The molecule has 2 aliphatic heterocycles. The van der Waals surface area contributed by atoms with Crippen LogP contribution in [-0.4, -0.2) is 32.1 Å². The summed E-state index contributed by atoms with van der Waals surface area (Å²) in [6.07, 6.45) is 0.0648. The summed E-state index contributed by atoms with van der Waals surface area (Å²) in [5.74, 6) is 0. The van der Waals surface area contributed by atoms with Crippen molar-refractivity contribution in [3.05, 3.63) is 0 Å². The Hall–Kier alpha value is -0.120. The Morgan fingerprint density at radius 2 is 1.88 bits per heavy atom. The van der Waals surface area contributed by atoms with Crippen molar-refractivity contribution in [2.24, 2.45) is 0 Å². The van der Waals surface area contributed by atoms with Crippen molar-refractivity contribution < 1.29 is 9.47 Å². The van der Waals surface area contributed by atoms with E-state index in [4.69, 9.17) is 9.47 Å². The van der Waals surface area contributed by atoms with Gasteiger partial charge in [-0.2, -0.15) is 0 Å². The minimum absolute atomic E-state index is 0.0648. The average molecular weight is 115 g/mol. The monoisotopic (exact) mass is 115 g/mol. The van der Waals surface area contributed by atoms with E-state index < -0.39 is 0 Å². The molecule has 46 valence electrons. The summed E-state index contributed by atoms with van der Waals surface area (Å²) in [4.78, 5) is 0. The van der Waals surface area contributed by atoms with Gasteiger partial charge in [0.25, 0.3) is 0 Å². The Bertz CT molecular complexity index is 86.4. The van der Waals surface area contributed by atoms with Gasteiger partial charge in [-0.1, -0.05) is 0 Å². The van der Waals surface area contributed by atoms with Crippen LogP contribution in [0.2, 0.25) is 0 Å². The quantitative estimate of drug-likeness (QED) is 0.461. The Labute approximate surface area is 48.0 Å². The normalized spacial score (nSPS) is 38.2. The summed E-state index contributed by atoms with van der Waals surface area (Å²) < 4.78 is 10.4. The van der Waals surface area contributed by atoms with Crippen LogP contribution in [0.4, 0.5) is 0 Å². The van der Waals surface area contributed by atoms with E-state index in [0.717, 1.165) is 19.8 Å². The van der Waals surface area contributed by atoms with Crippen molar-refractivity contribution in [3.8, 4) is 0 Å². The van der Waals surface area contributed by atoms with Crippen molar-refractivity contribution in [2.75, 3.05) is 19.8 Å². The highest BCUT2D eigenvalue weighted by molar-refractivity contribution is 4.87. The second-order valence-corrected chi connectivity index (χ2v) is 2.12. The fourth-order valence-corrected chi connectivity index (χ4v) is 0.869. The zero-order valence-electron chi connectivity index (χ0n) is 4.59. The molecule has 0 amide bonds. The van der Waals surface area contributed by atoms with Crippen LogP contribution in [0.1, 0.15) is 0 Å². The topological polar surface area (TPSA) is 40.4 Å². The van der Waals surface area contributed by atoms with Crippen LogP contribution < -0.4 is 5.32 Å². The van der Waals surface area contributed by atoms with Gasteiger partial charge in [0, 0.05) is 6.54 Å². The molecule has 0 aromatic heterocycles. The lowest BCUT2D eigenvalue weighted by Crippen LogP contribution is -2.17. The van der Waals surface area contributed by atoms with Crippen molar-refractivity contribution in [1.82, 2.24) is 5.32 Å². The number of hydrogen-bond acceptors (Lipinski definition) is 3. The number of rotatable bonds is 1. The molecule has 2 saturated heterocycles. The SMILES string of the molecule is C1COC(C2CN2)O1. The van der Waals surface area contributed by atoms with E-state index in [9.17, 15) is 0 Å². The van der Waals surface area contributed by atoms with E-state index >= 15 is 0 Å². The molecule has 1 N–H and O–H groups in total. The van der Waals surface area contributed by atoms with Crippen LogP contribution in [0.5, 0.6) is 0 Å². The molecule has 3 nitrogen and oxygen atoms in total. The largest absolute Gasteiger partial charge is 0.349 e. The third kappa shape index (κ3) is 0.727. The van der Waals surface area contributed by atoms with Crippen LogP contribution in [0.3, 0.4) is 0 Å². The predicted octanol–water partition coefficient (Wildman–Crippen LogP) is -0.669. The number of hydrogen-bond donors (Lipinski definition) is 1. The molecule has 3 heteroatoms. The van der Waals surface area contributed by atoms with Gasteiger partial charge in [0.2, 0.25) is 0 Å². The Balaban J connectivity index is 1.86. The number of nitrogens with one attached hydrogen (secondary N) is 1. The average Bonchev–Trinajstić information content (AvgIpc) is 2.49. The minimum Gasteiger partial charge on any atom is -0.349 e. The molecule has 0 saturated carbocycles. The molecule has 2 rings (SSSR count). The highest BCUT2D eigenvalue weighted by atomic mass is 16.7. The van der Waals surface area contributed by atoms with E-state index in [1.165, 1.54) is 0 Å². The second kappa shape index (κ2) is 1.69. The van der Waals surface area contributed by atoms with Gasteiger partial charge < -0.3 is 14.8 Å². The lowest BCUT2D eigenvalue weighted by molar-refractivity contribution is -0.0409. The molecule has 0 aromatic carbocycles. The maximum atomic E-state index is 5.19. The fraction of sp³-hybridized carbons (Fsp3) is 1.00. The molecule has 1 atom stereocenters. The molecule has 2 fully saturated rings. The lowest BCUT2D eigenvalue weighted by Gasteiger charge is -2.02. The van der Waals surface area contributed by atoms with Gasteiger partial charge >= 0.3 is 0 Å². The van der Waals surface area contributed by atoms with Crippen LogP contribution in [-0.2, 0) is 9.47 Å². The second-order valence-electron chi connectivity index (χ2n) is 2.12. The van der Waals surface area contributed by atoms with E-state index in [0.29, 0.717) is 6.04 Å². The summed E-state index contributed by atoms with van der Waals surface area (Å²) in [7, 11) is 0. The number of ether oxygens (including phenoxy) is 2. The molecule has 0 spiro atoms. The summed E-state index contributed by atoms with van der Waals surface area (Å²) in [6, 6.07) is 0.498. The molecule has 8 heavy (non-hydrogen) atoms. The maximum Gasteiger partial charge on any atom is 0.174 e. The van der Waals surface area contributed by atoms with Crippen LogP contribution in [0.25, 0.3) is 0 Å². The summed E-state index contributed by atoms with van der Waals surface area (Å²) in [6.45, 7) is 2.59. The summed E-state index contributed by atoms with van der Waals surface area (Å²) >= 11 is 0. The fourth-order valence-electron chi connectivity index (χ4n) is 0.869. The first-order chi connectivity index (χ1) is 3.97. The van der Waals surface area contributed by atoms with Crippen molar-refractivity contribution >= 4 is 0 Å². The molecule has 0 radical (unpaired) electrons. The van der Waals surface area contributed by atoms with Gasteiger partial charge in [0.1, 0.15) is 0 Å². The molecular formula is C5H9NO2. The minimum atomic E-state index is 0.0648. The standard InChI is InChI=1S/C5H9NO2/c1-2-8-5(7-1)4-3-6-4/h4-6H,1-3H2. The third-order valence-corrected chi connectivity index (χ3v) is 1.42. The molecule has 2 aliphatic rings. The molecule has 0 aromatic rings. The van der Waals surface area contributed by atoms with E-state index in [1.807, 2.05) is 0 Å². The maximum absolute atomic E-state index is 5.19.